The highest BCUT2D eigenvalue weighted by atomic mass is 19.1. The van der Waals surface area contributed by atoms with Crippen molar-refractivity contribution >= 4 is 11.9 Å². The van der Waals surface area contributed by atoms with E-state index in [0.29, 0.717) is 17.9 Å². The monoisotopic (exact) mass is 359 g/mol. The first-order valence-corrected chi connectivity index (χ1v) is 8.48. The van der Waals surface area contributed by atoms with E-state index in [1.54, 1.807) is 37.3 Å². The molecule has 0 aromatic heterocycles. The Hall–Kier alpha value is -2.89. The first kappa shape index (κ1) is 19.4. The molecule has 2 aromatic rings. The van der Waals surface area contributed by atoms with E-state index in [1.165, 1.54) is 18.2 Å². The maximum Gasteiger partial charge on any atom is 0.308 e. The van der Waals surface area contributed by atoms with Crippen molar-refractivity contribution in [3.8, 4) is 5.75 Å². The first-order chi connectivity index (χ1) is 12.5. The molecular weight excluding hydrogens is 337 g/mol. The minimum absolute atomic E-state index is 0.0536. The van der Waals surface area contributed by atoms with E-state index in [4.69, 9.17) is 9.47 Å². The van der Waals surface area contributed by atoms with Gasteiger partial charge in [-0.1, -0.05) is 24.3 Å². The van der Waals surface area contributed by atoms with Gasteiger partial charge in [-0.3, -0.25) is 9.59 Å². The van der Waals surface area contributed by atoms with Crippen LogP contribution in [-0.4, -0.2) is 25.1 Å². The molecule has 0 aliphatic carbocycles. The van der Waals surface area contributed by atoms with Crippen LogP contribution in [0.25, 0.3) is 0 Å². The number of amides is 1. The van der Waals surface area contributed by atoms with Crippen LogP contribution in [0.15, 0.2) is 48.5 Å². The van der Waals surface area contributed by atoms with Gasteiger partial charge in [0, 0.05) is 0 Å². The molecule has 138 valence electrons. The third kappa shape index (κ3) is 5.31. The van der Waals surface area contributed by atoms with Crippen LogP contribution >= 0.6 is 0 Å². The normalized spacial score (nSPS) is 11.5. The highest BCUT2D eigenvalue weighted by molar-refractivity contribution is 5.95. The van der Waals surface area contributed by atoms with Crippen molar-refractivity contribution < 1.29 is 23.5 Å². The van der Waals surface area contributed by atoms with Gasteiger partial charge >= 0.3 is 5.97 Å². The summed E-state index contributed by atoms with van der Waals surface area (Å²) in [5, 5.41) is 2.71. The number of halogens is 1. The lowest BCUT2D eigenvalue weighted by Crippen LogP contribution is -2.31. The molecule has 0 heterocycles. The number of rotatable bonds is 8. The summed E-state index contributed by atoms with van der Waals surface area (Å²) in [6.07, 6.45) is -0.0536. The Morgan fingerprint density at radius 3 is 2.35 bits per heavy atom. The van der Waals surface area contributed by atoms with E-state index in [-0.39, 0.29) is 18.6 Å². The third-order valence-electron chi connectivity index (χ3n) is 3.69. The number of esters is 1. The Morgan fingerprint density at radius 1 is 1.04 bits per heavy atom. The maximum absolute atomic E-state index is 13.8. The topological polar surface area (TPSA) is 64.6 Å². The SMILES string of the molecule is CCOC(=O)CC(NC(=O)c1ccccc1F)c1ccc(OCC)cc1. The molecule has 1 N–H and O–H groups in total. The zero-order valence-electron chi connectivity index (χ0n) is 14.8. The van der Waals surface area contributed by atoms with Crippen LogP contribution < -0.4 is 10.1 Å². The molecule has 0 spiro atoms. The maximum atomic E-state index is 13.8. The second-order valence-corrected chi connectivity index (χ2v) is 5.52. The molecule has 0 fully saturated rings. The van der Waals surface area contributed by atoms with Crippen LogP contribution in [0.2, 0.25) is 0 Å². The number of ether oxygens (including phenoxy) is 2. The van der Waals surface area contributed by atoms with Gasteiger partial charge in [0.05, 0.1) is 31.2 Å². The number of hydrogen-bond acceptors (Lipinski definition) is 4. The van der Waals surface area contributed by atoms with Crippen LogP contribution in [0.3, 0.4) is 0 Å². The largest absolute Gasteiger partial charge is 0.494 e. The molecule has 5 nitrogen and oxygen atoms in total. The van der Waals surface area contributed by atoms with Crippen molar-refractivity contribution in [3.05, 3.63) is 65.5 Å². The summed E-state index contributed by atoms with van der Waals surface area (Å²) < 4.78 is 24.2. The summed E-state index contributed by atoms with van der Waals surface area (Å²) in [6, 6.07) is 12.1. The van der Waals surface area contributed by atoms with Gasteiger partial charge in [0.1, 0.15) is 11.6 Å². The lowest BCUT2D eigenvalue weighted by atomic mass is 10.0. The summed E-state index contributed by atoms with van der Waals surface area (Å²) in [5.41, 5.74) is 0.624. The van der Waals surface area contributed by atoms with Gasteiger partial charge in [0.25, 0.3) is 5.91 Å². The summed E-state index contributed by atoms with van der Waals surface area (Å²) >= 11 is 0. The Labute approximate surface area is 152 Å². The van der Waals surface area contributed by atoms with Gasteiger partial charge in [-0.15, -0.1) is 0 Å². The molecule has 0 saturated heterocycles. The molecule has 1 atom stereocenters. The average Bonchev–Trinajstić information content (AvgIpc) is 2.62. The summed E-state index contributed by atoms with van der Waals surface area (Å²) in [5.74, 6) is -0.968. The van der Waals surface area contributed by atoms with Crippen LogP contribution in [0.4, 0.5) is 4.39 Å². The predicted molar refractivity (Wildman–Crippen MR) is 95.5 cm³/mol. The van der Waals surface area contributed by atoms with Crippen molar-refractivity contribution in [3.63, 3.8) is 0 Å². The quantitative estimate of drug-likeness (QED) is 0.731. The van der Waals surface area contributed by atoms with E-state index < -0.39 is 23.7 Å². The summed E-state index contributed by atoms with van der Waals surface area (Å²) in [7, 11) is 0. The predicted octanol–water partition coefficient (Wildman–Crippen LogP) is 3.65. The Bertz CT molecular complexity index is 746. The van der Waals surface area contributed by atoms with Gasteiger partial charge < -0.3 is 14.8 Å². The smallest absolute Gasteiger partial charge is 0.308 e. The number of hydrogen-bond donors (Lipinski definition) is 1. The fourth-order valence-corrected chi connectivity index (χ4v) is 2.48. The van der Waals surface area contributed by atoms with E-state index in [0.717, 1.165) is 0 Å². The minimum Gasteiger partial charge on any atom is -0.494 e. The Kier molecular flexibility index (Phi) is 7.14. The molecule has 6 heteroatoms. The molecule has 2 aromatic carbocycles. The second-order valence-electron chi connectivity index (χ2n) is 5.52. The zero-order chi connectivity index (χ0) is 18.9. The fraction of sp³-hybridized carbons (Fsp3) is 0.300. The highest BCUT2D eigenvalue weighted by Crippen LogP contribution is 2.22. The van der Waals surface area contributed by atoms with Gasteiger partial charge in [-0.2, -0.15) is 0 Å². The van der Waals surface area contributed by atoms with Crippen LogP contribution in [0.1, 0.15) is 42.2 Å². The number of benzene rings is 2. The van der Waals surface area contributed by atoms with E-state index in [2.05, 4.69) is 5.32 Å². The van der Waals surface area contributed by atoms with Gasteiger partial charge in [-0.25, -0.2) is 4.39 Å². The lowest BCUT2D eigenvalue weighted by molar-refractivity contribution is -0.143. The summed E-state index contributed by atoms with van der Waals surface area (Å²) in [4.78, 5) is 24.3. The van der Waals surface area contributed by atoms with Crippen LogP contribution in [0, 0.1) is 5.82 Å². The molecule has 0 bridgehead atoms. The first-order valence-electron chi connectivity index (χ1n) is 8.48. The molecule has 1 amide bonds. The van der Waals surface area contributed by atoms with Gasteiger partial charge in [0.2, 0.25) is 0 Å². The van der Waals surface area contributed by atoms with Crippen LogP contribution in [-0.2, 0) is 9.53 Å². The van der Waals surface area contributed by atoms with Gasteiger partial charge in [0.15, 0.2) is 0 Å². The highest BCUT2D eigenvalue weighted by Gasteiger charge is 2.21. The van der Waals surface area contributed by atoms with Crippen molar-refractivity contribution in [2.75, 3.05) is 13.2 Å². The molecule has 0 radical (unpaired) electrons. The zero-order valence-corrected chi connectivity index (χ0v) is 14.8. The molecule has 1 unspecified atom stereocenters. The van der Waals surface area contributed by atoms with Crippen molar-refractivity contribution in [1.29, 1.82) is 0 Å². The number of nitrogens with one attached hydrogen (secondary N) is 1. The molecule has 2 rings (SSSR count). The standard InChI is InChI=1S/C20H22FNO4/c1-3-25-15-11-9-14(10-12-15)18(13-19(23)26-4-2)22-20(24)16-7-5-6-8-17(16)21/h5-12,18H,3-4,13H2,1-2H3,(H,22,24). The Morgan fingerprint density at radius 2 is 1.73 bits per heavy atom. The lowest BCUT2D eigenvalue weighted by Gasteiger charge is -2.19. The fourth-order valence-electron chi connectivity index (χ4n) is 2.48. The van der Waals surface area contributed by atoms with E-state index in [9.17, 15) is 14.0 Å². The minimum atomic E-state index is -0.642. The van der Waals surface area contributed by atoms with E-state index >= 15 is 0 Å². The Balaban J connectivity index is 2.21. The van der Waals surface area contributed by atoms with Crippen molar-refractivity contribution in [1.82, 2.24) is 5.32 Å². The molecular formula is C20H22FNO4. The second kappa shape index (κ2) is 9.56. The van der Waals surface area contributed by atoms with E-state index in [1.807, 2.05) is 6.92 Å². The van der Waals surface area contributed by atoms with Crippen molar-refractivity contribution in [2.45, 2.75) is 26.3 Å². The molecule has 0 saturated carbocycles. The summed E-state index contributed by atoms with van der Waals surface area (Å²) in [6.45, 7) is 4.37. The van der Waals surface area contributed by atoms with Crippen LogP contribution in [0.5, 0.6) is 5.75 Å². The van der Waals surface area contributed by atoms with Crippen molar-refractivity contribution in [2.24, 2.45) is 0 Å². The molecule has 0 aliphatic rings. The molecule has 0 aliphatic heterocycles. The third-order valence-corrected chi connectivity index (χ3v) is 3.69. The average molecular weight is 359 g/mol. The number of carbonyl (C=O) groups excluding carboxylic acids is 2. The van der Waals surface area contributed by atoms with Gasteiger partial charge in [-0.05, 0) is 43.7 Å². The number of carbonyl (C=O) groups is 2. The molecule has 26 heavy (non-hydrogen) atoms.